The summed E-state index contributed by atoms with van der Waals surface area (Å²) in [5.41, 5.74) is 5.18. The average Bonchev–Trinajstić information content (AvgIpc) is 3.00. The fourth-order valence-electron chi connectivity index (χ4n) is 3.46. The van der Waals surface area contributed by atoms with E-state index in [0.29, 0.717) is 11.1 Å². The van der Waals surface area contributed by atoms with Crippen molar-refractivity contribution in [3.05, 3.63) is 46.2 Å². The van der Waals surface area contributed by atoms with E-state index in [9.17, 15) is 9.59 Å². The summed E-state index contributed by atoms with van der Waals surface area (Å²) in [6.07, 6.45) is 0. The molecule has 0 unspecified atom stereocenters. The Morgan fingerprint density at radius 2 is 1.72 bits per heavy atom. The quantitative estimate of drug-likeness (QED) is 0.476. The molecule has 130 valence electrons. The van der Waals surface area contributed by atoms with Gasteiger partial charge in [0, 0.05) is 29.2 Å². The summed E-state index contributed by atoms with van der Waals surface area (Å²) < 4.78 is 12.3. The van der Waals surface area contributed by atoms with Crippen LogP contribution in [0.4, 0.5) is 0 Å². The monoisotopic (exact) mass is 339 g/mol. The number of ether oxygens (including phenoxy) is 2. The Kier molecular flexibility index (Phi) is 4.03. The van der Waals surface area contributed by atoms with E-state index in [0.717, 1.165) is 39.1 Å². The highest BCUT2D eigenvalue weighted by atomic mass is 16.6. The van der Waals surface area contributed by atoms with Gasteiger partial charge >= 0.3 is 11.9 Å². The van der Waals surface area contributed by atoms with Crippen LogP contribution in [0, 0.1) is 6.92 Å². The van der Waals surface area contributed by atoms with Crippen molar-refractivity contribution in [2.24, 2.45) is 7.05 Å². The Labute approximate surface area is 146 Å². The number of aryl methyl sites for hydroxylation is 1. The number of carbonyl (C=O) groups excluding carboxylic acids is 2. The summed E-state index contributed by atoms with van der Waals surface area (Å²) in [4.78, 5) is 24.4. The summed E-state index contributed by atoms with van der Waals surface area (Å²) in [6.45, 7) is 7.47. The molecule has 0 bridgehead atoms. The highest BCUT2D eigenvalue weighted by Crippen LogP contribution is 2.38. The van der Waals surface area contributed by atoms with Crippen LogP contribution in [0.3, 0.4) is 0 Å². The minimum Gasteiger partial charge on any atom is -0.497 e. The Bertz CT molecular complexity index is 985. The first-order valence-corrected chi connectivity index (χ1v) is 8.06. The Balaban J connectivity index is 2.39. The molecule has 1 aliphatic rings. The molecule has 1 fully saturated rings. The van der Waals surface area contributed by atoms with Crippen molar-refractivity contribution in [2.45, 2.75) is 27.7 Å². The summed E-state index contributed by atoms with van der Waals surface area (Å²) in [6, 6.07) is 5.84. The molecule has 3 rings (SSSR count). The zero-order valence-corrected chi connectivity index (χ0v) is 15.3. The number of nitrogens with zero attached hydrogens (tertiary/aromatic N) is 1. The molecule has 25 heavy (non-hydrogen) atoms. The first-order valence-electron chi connectivity index (χ1n) is 8.06. The lowest BCUT2D eigenvalue weighted by molar-refractivity contribution is -0.149. The van der Waals surface area contributed by atoms with Crippen LogP contribution in [0.1, 0.15) is 32.0 Å². The number of hydrogen-bond acceptors (Lipinski definition) is 4. The molecule has 0 amide bonds. The second-order valence-electron chi connectivity index (χ2n) is 6.45. The molecule has 0 radical (unpaired) electrons. The van der Waals surface area contributed by atoms with Crippen molar-refractivity contribution in [1.29, 1.82) is 0 Å². The smallest absolute Gasteiger partial charge is 0.347 e. The van der Waals surface area contributed by atoms with Crippen molar-refractivity contribution < 1.29 is 19.1 Å². The van der Waals surface area contributed by atoms with Gasteiger partial charge in [-0.1, -0.05) is 5.57 Å². The van der Waals surface area contributed by atoms with Crippen LogP contribution in [-0.4, -0.2) is 23.6 Å². The molecule has 1 saturated heterocycles. The first-order chi connectivity index (χ1) is 11.8. The van der Waals surface area contributed by atoms with Crippen molar-refractivity contribution in [3.63, 3.8) is 0 Å². The Hall–Kier alpha value is -2.82. The van der Waals surface area contributed by atoms with Gasteiger partial charge in [0.25, 0.3) is 0 Å². The van der Waals surface area contributed by atoms with E-state index in [1.165, 1.54) is 0 Å². The molecule has 0 aliphatic carbocycles. The number of benzene rings is 1. The zero-order chi connectivity index (χ0) is 18.5. The van der Waals surface area contributed by atoms with Gasteiger partial charge in [-0.25, -0.2) is 9.59 Å². The van der Waals surface area contributed by atoms with Crippen LogP contribution in [0.2, 0.25) is 0 Å². The maximum Gasteiger partial charge on any atom is 0.347 e. The first kappa shape index (κ1) is 17.0. The van der Waals surface area contributed by atoms with E-state index < -0.39 is 11.9 Å². The molecule has 0 saturated carbocycles. The van der Waals surface area contributed by atoms with Gasteiger partial charge in [0.15, 0.2) is 0 Å². The zero-order valence-electron chi connectivity index (χ0n) is 15.3. The fraction of sp³-hybridized carbons (Fsp3) is 0.300. The summed E-state index contributed by atoms with van der Waals surface area (Å²) in [5.74, 6) is -0.419. The molecule has 2 aromatic rings. The van der Waals surface area contributed by atoms with E-state index in [1.54, 1.807) is 7.11 Å². The second kappa shape index (κ2) is 5.92. The Morgan fingerprint density at radius 1 is 1.08 bits per heavy atom. The molecule has 1 aromatic carbocycles. The van der Waals surface area contributed by atoms with E-state index in [1.807, 2.05) is 52.9 Å². The lowest BCUT2D eigenvalue weighted by Gasteiger charge is -2.07. The highest BCUT2D eigenvalue weighted by Gasteiger charge is 2.36. The Morgan fingerprint density at radius 3 is 2.32 bits per heavy atom. The van der Waals surface area contributed by atoms with Crippen LogP contribution in [0.5, 0.6) is 5.75 Å². The third-order valence-corrected chi connectivity index (χ3v) is 4.79. The van der Waals surface area contributed by atoms with Crippen molar-refractivity contribution in [3.8, 4) is 5.75 Å². The van der Waals surface area contributed by atoms with Gasteiger partial charge in [0.2, 0.25) is 0 Å². The molecular formula is C20H21NO4. The van der Waals surface area contributed by atoms with Gasteiger partial charge in [-0.3, -0.25) is 0 Å². The van der Waals surface area contributed by atoms with E-state index >= 15 is 0 Å². The lowest BCUT2D eigenvalue weighted by atomic mass is 9.93. The molecule has 1 aliphatic heterocycles. The van der Waals surface area contributed by atoms with Gasteiger partial charge in [0.1, 0.15) is 5.75 Å². The normalized spacial score (nSPS) is 16.5. The number of carbonyl (C=O) groups is 2. The fourth-order valence-corrected chi connectivity index (χ4v) is 3.46. The maximum atomic E-state index is 12.3. The van der Waals surface area contributed by atoms with Gasteiger partial charge in [-0.2, -0.15) is 0 Å². The third-order valence-electron chi connectivity index (χ3n) is 4.79. The maximum absolute atomic E-state index is 12.3. The SMILES string of the molecule is COc1ccc2c(c1)c(/C(C)=C1\C(=O)OC(=O)C1=C(C)C)c(C)n2C. The molecule has 2 heterocycles. The van der Waals surface area contributed by atoms with Crippen LogP contribution in [0.15, 0.2) is 34.9 Å². The average molecular weight is 339 g/mol. The van der Waals surface area contributed by atoms with Gasteiger partial charge in [-0.15, -0.1) is 0 Å². The number of fused-ring (bicyclic) bond motifs is 1. The van der Waals surface area contributed by atoms with Gasteiger partial charge in [-0.05, 0) is 51.5 Å². The largest absolute Gasteiger partial charge is 0.497 e. The number of esters is 2. The predicted octanol–water partition coefficient (Wildman–Crippen LogP) is 3.69. The van der Waals surface area contributed by atoms with E-state index in [-0.39, 0.29) is 0 Å². The molecule has 0 spiro atoms. The molecule has 0 N–H and O–H groups in total. The standard InChI is InChI=1S/C20H21NO4/c1-10(2)16-18(20(23)25-19(16)22)11(3)17-12(4)21(5)15-8-7-13(24-6)9-14(15)17/h7-9H,1-6H3/b18-11-. The third kappa shape index (κ3) is 2.47. The minimum atomic E-state index is -0.585. The molecule has 5 heteroatoms. The number of hydrogen-bond donors (Lipinski definition) is 0. The molecule has 0 atom stereocenters. The molecule has 5 nitrogen and oxygen atoms in total. The lowest BCUT2D eigenvalue weighted by Crippen LogP contribution is -2.01. The minimum absolute atomic E-state index is 0.350. The van der Waals surface area contributed by atoms with Crippen molar-refractivity contribution in [2.75, 3.05) is 7.11 Å². The number of rotatable bonds is 2. The number of cyclic esters (lactones) is 2. The summed E-state index contributed by atoms with van der Waals surface area (Å²) in [7, 11) is 3.60. The molecular weight excluding hydrogens is 318 g/mol. The number of aromatic nitrogens is 1. The van der Waals surface area contributed by atoms with Gasteiger partial charge in [0.05, 0.1) is 18.3 Å². The van der Waals surface area contributed by atoms with Crippen molar-refractivity contribution in [1.82, 2.24) is 4.57 Å². The predicted molar refractivity (Wildman–Crippen MR) is 96.3 cm³/mol. The van der Waals surface area contributed by atoms with Crippen LogP contribution >= 0.6 is 0 Å². The number of allylic oxidation sites excluding steroid dienone is 2. The van der Waals surface area contributed by atoms with Gasteiger partial charge < -0.3 is 14.0 Å². The van der Waals surface area contributed by atoms with Crippen LogP contribution in [0.25, 0.3) is 16.5 Å². The van der Waals surface area contributed by atoms with E-state index in [2.05, 4.69) is 4.57 Å². The summed E-state index contributed by atoms with van der Waals surface area (Å²) >= 11 is 0. The van der Waals surface area contributed by atoms with E-state index in [4.69, 9.17) is 9.47 Å². The van der Waals surface area contributed by atoms with Crippen LogP contribution < -0.4 is 4.74 Å². The topological polar surface area (TPSA) is 57.5 Å². The molecule has 1 aromatic heterocycles. The summed E-state index contributed by atoms with van der Waals surface area (Å²) in [5, 5.41) is 0.976. The van der Waals surface area contributed by atoms with Crippen LogP contribution in [-0.2, 0) is 21.4 Å². The van der Waals surface area contributed by atoms with Crippen molar-refractivity contribution >= 4 is 28.4 Å². The number of methoxy groups -OCH3 is 1. The second-order valence-corrected chi connectivity index (χ2v) is 6.45. The highest BCUT2D eigenvalue weighted by molar-refractivity contribution is 6.22.